The molecule has 0 saturated heterocycles. The third-order valence-corrected chi connectivity index (χ3v) is 3.05. The summed E-state index contributed by atoms with van der Waals surface area (Å²) in [6.07, 6.45) is 0. The van der Waals surface area contributed by atoms with Crippen LogP contribution in [0.2, 0.25) is 0 Å². The molecular weight excluding hydrogens is 277 g/mol. The maximum absolute atomic E-state index is 10.6. The molecule has 21 heavy (non-hydrogen) atoms. The van der Waals surface area contributed by atoms with Crippen LogP contribution in [0.15, 0.2) is 24.3 Å². The van der Waals surface area contributed by atoms with Gasteiger partial charge in [0.25, 0.3) is 0 Å². The number of carboxylic acid groups (broad SMARTS) is 1. The van der Waals surface area contributed by atoms with Crippen molar-refractivity contribution in [3.63, 3.8) is 0 Å². The van der Waals surface area contributed by atoms with E-state index >= 15 is 0 Å². The van der Waals surface area contributed by atoms with E-state index in [9.17, 15) is 10.1 Å². The van der Waals surface area contributed by atoms with Crippen LogP contribution >= 0.6 is 0 Å². The minimum absolute atomic E-state index is 0. The molecule has 0 saturated carbocycles. The zero-order chi connectivity index (χ0) is 14.7. The Hall–Kier alpha value is -1.61. The molecule has 2 rings (SSSR count). The van der Waals surface area contributed by atoms with Crippen molar-refractivity contribution in [1.29, 1.82) is 5.26 Å². The van der Waals surface area contributed by atoms with Crippen LogP contribution in [0.1, 0.15) is 30.9 Å². The van der Waals surface area contributed by atoms with Gasteiger partial charge in [0.15, 0.2) is 0 Å². The molecular formula is C15H16N3NaO2. The monoisotopic (exact) mass is 293 g/mol. The standard InChI is InChI=1S/C15H15N3O2.Na.H/c1-9(2)10-4-3-5-13-11(6-10)12(7-16)15(18-13)17-8-14(19)20;;/h3-6,9H,8H2,1-2H3,(H,17,18)(H,19,20);;. The summed E-state index contributed by atoms with van der Waals surface area (Å²) in [6.45, 7) is 3.89. The number of hydrogen-bond donors (Lipinski definition) is 2. The van der Waals surface area contributed by atoms with Crippen molar-refractivity contribution in [3.8, 4) is 17.3 Å². The summed E-state index contributed by atoms with van der Waals surface area (Å²) in [4.78, 5) is 14.9. The van der Waals surface area contributed by atoms with E-state index in [0.29, 0.717) is 23.0 Å². The Morgan fingerprint density at radius 3 is 2.76 bits per heavy atom. The zero-order valence-corrected chi connectivity index (χ0v) is 11.3. The molecule has 0 fully saturated rings. The summed E-state index contributed by atoms with van der Waals surface area (Å²) in [5.41, 5.74) is 2.92. The molecule has 0 amide bonds. The van der Waals surface area contributed by atoms with Crippen LogP contribution < -0.4 is 5.32 Å². The molecule has 0 spiro atoms. The molecule has 0 aromatic heterocycles. The van der Waals surface area contributed by atoms with Crippen molar-refractivity contribution in [1.82, 2.24) is 4.98 Å². The third-order valence-electron chi connectivity index (χ3n) is 3.05. The predicted octanol–water partition coefficient (Wildman–Crippen LogP) is 2.03. The molecule has 0 bridgehead atoms. The van der Waals surface area contributed by atoms with Gasteiger partial charge in [0.05, 0.1) is 5.69 Å². The summed E-state index contributed by atoms with van der Waals surface area (Å²) < 4.78 is 0. The first-order valence-electron chi connectivity index (χ1n) is 6.32. The molecule has 6 heteroatoms. The van der Waals surface area contributed by atoms with Crippen LogP contribution in [-0.4, -0.2) is 52.2 Å². The number of nitrogens with one attached hydrogen (secondary N) is 1. The first-order valence-corrected chi connectivity index (χ1v) is 6.32. The van der Waals surface area contributed by atoms with E-state index in [0.717, 1.165) is 11.1 Å². The number of hydrogen-bond acceptors (Lipinski definition) is 4. The number of aromatic nitrogens is 1. The summed E-state index contributed by atoms with van der Waals surface area (Å²) in [5, 5.41) is 20.7. The molecule has 0 atom stereocenters. The summed E-state index contributed by atoms with van der Waals surface area (Å²) >= 11 is 0. The average molecular weight is 293 g/mol. The Bertz CT molecular complexity index is 665. The maximum atomic E-state index is 10.6. The third kappa shape index (κ3) is 3.94. The van der Waals surface area contributed by atoms with E-state index in [2.05, 4.69) is 30.2 Å². The quantitative estimate of drug-likeness (QED) is 0.842. The van der Waals surface area contributed by atoms with Gasteiger partial charge >= 0.3 is 35.5 Å². The number of nitrogens with zero attached hydrogens (tertiary/aromatic N) is 2. The molecule has 0 aromatic rings. The van der Waals surface area contributed by atoms with Crippen molar-refractivity contribution in [2.75, 3.05) is 11.9 Å². The molecule has 2 aliphatic rings. The van der Waals surface area contributed by atoms with E-state index in [1.54, 1.807) is 0 Å². The van der Waals surface area contributed by atoms with Gasteiger partial charge < -0.3 is 10.4 Å². The Morgan fingerprint density at radius 1 is 1.48 bits per heavy atom. The Labute approximate surface area is 145 Å². The van der Waals surface area contributed by atoms with Crippen LogP contribution in [0.4, 0.5) is 5.82 Å². The van der Waals surface area contributed by atoms with E-state index in [4.69, 9.17) is 5.11 Å². The predicted molar refractivity (Wildman–Crippen MR) is 82.9 cm³/mol. The van der Waals surface area contributed by atoms with Gasteiger partial charge in [-0.2, -0.15) is 5.26 Å². The number of nitriles is 1. The van der Waals surface area contributed by atoms with Crippen LogP contribution in [0.25, 0.3) is 11.3 Å². The molecule has 5 nitrogen and oxygen atoms in total. The molecule has 104 valence electrons. The average Bonchev–Trinajstić information content (AvgIpc) is 2.57. The first kappa shape index (κ1) is 17.4. The second-order valence-electron chi connectivity index (χ2n) is 4.82. The number of anilines is 1. The molecule has 0 aromatic carbocycles. The van der Waals surface area contributed by atoms with Gasteiger partial charge in [0.2, 0.25) is 0 Å². The van der Waals surface area contributed by atoms with Gasteiger partial charge in [-0.1, -0.05) is 26.0 Å². The number of carboxylic acids is 1. The van der Waals surface area contributed by atoms with Crippen LogP contribution in [-0.2, 0) is 4.79 Å². The molecule has 1 aliphatic carbocycles. The van der Waals surface area contributed by atoms with Crippen LogP contribution in [0.5, 0.6) is 0 Å². The fourth-order valence-corrected chi connectivity index (χ4v) is 1.99. The number of aliphatic carboxylic acids is 1. The van der Waals surface area contributed by atoms with Crippen molar-refractivity contribution in [2.45, 2.75) is 19.8 Å². The van der Waals surface area contributed by atoms with E-state index in [1.165, 1.54) is 0 Å². The van der Waals surface area contributed by atoms with Gasteiger partial charge in [0.1, 0.15) is 24.0 Å². The normalized spacial score (nSPS) is 10.0. The van der Waals surface area contributed by atoms with E-state index < -0.39 is 5.97 Å². The summed E-state index contributed by atoms with van der Waals surface area (Å²) in [6, 6.07) is 9.77. The second-order valence-corrected chi connectivity index (χ2v) is 4.82. The van der Waals surface area contributed by atoms with Gasteiger partial charge in [0, 0.05) is 5.56 Å². The fourth-order valence-electron chi connectivity index (χ4n) is 1.99. The minimum atomic E-state index is -0.991. The molecule has 2 N–H and O–H groups in total. The van der Waals surface area contributed by atoms with E-state index in [1.807, 2.05) is 24.3 Å². The van der Waals surface area contributed by atoms with Gasteiger partial charge in [-0.25, -0.2) is 4.98 Å². The van der Waals surface area contributed by atoms with Gasteiger partial charge in [-0.15, -0.1) is 0 Å². The van der Waals surface area contributed by atoms with Crippen LogP contribution in [0.3, 0.4) is 0 Å². The summed E-state index contributed by atoms with van der Waals surface area (Å²) in [7, 11) is 0. The topological polar surface area (TPSA) is 86.0 Å². The van der Waals surface area contributed by atoms with Crippen molar-refractivity contribution in [3.05, 3.63) is 35.4 Å². The van der Waals surface area contributed by atoms with Crippen molar-refractivity contribution >= 4 is 41.3 Å². The van der Waals surface area contributed by atoms with Crippen molar-refractivity contribution in [2.24, 2.45) is 0 Å². The fraction of sp³-hybridized carbons (Fsp3) is 0.267. The van der Waals surface area contributed by atoms with Crippen molar-refractivity contribution < 1.29 is 9.90 Å². The SMILES string of the molecule is CC(C)c1cccc2nc(NCC(=O)O)c(C#N)c-2c1.[NaH]. The summed E-state index contributed by atoms with van der Waals surface area (Å²) in [5.74, 6) is -0.331. The van der Waals surface area contributed by atoms with Gasteiger partial charge in [-0.3, -0.25) is 4.79 Å². The second kappa shape index (κ2) is 7.41. The number of rotatable bonds is 4. The molecule has 1 heterocycles. The number of fused-ring (bicyclic) bond motifs is 1. The Morgan fingerprint density at radius 2 is 2.19 bits per heavy atom. The van der Waals surface area contributed by atoms with Crippen LogP contribution in [0, 0.1) is 11.3 Å². The van der Waals surface area contributed by atoms with Gasteiger partial charge in [-0.05, 0) is 23.6 Å². The number of carbonyl (C=O) groups is 1. The molecule has 0 radical (unpaired) electrons. The Kier molecular flexibility index (Phi) is 6.16. The van der Waals surface area contributed by atoms with E-state index in [-0.39, 0.29) is 36.1 Å². The zero-order valence-electron chi connectivity index (χ0n) is 11.3. The Balaban J connectivity index is 0.00000220. The molecule has 1 aliphatic heterocycles. The first-order chi connectivity index (χ1) is 9.52. The molecule has 0 unspecified atom stereocenters.